The zero-order valence-corrected chi connectivity index (χ0v) is 16.5. The molecule has 150 valence electrons. The number of hydrogen-bond acceptors (Lipinski definition) is 5. The largest absolute Gasteiger partial charge is 0.481 e. The van der Waals surface area contributed by atoms with Gasteiger partial charge < -0.3 is 14.2 Å². The van der Waals surface area contributed by atoms with Crippen LogP contribution in [0.5, 0.6) is 5.88 Å². The molecule has 3 aromatic rings. The molecule has 0 radical (unpaired) electrons. The van der Waals surface area contributed by atoms with Crippen LogP contribution in [0.4, 0.5) is 0 Å². The van der Waals surface area contributed by atoms with Crippen molar-refractivity contribution >= 4 is 5.91 Å². The number of rotatable bonds is 5. The highest BCUT2D eigenvalue weighted by atomic mass is 16.5. The van der Waals surface area contributed by atoms with Crippen LogP contribution in [0.1, 0.15) is 28.8 Å². The van der Waals surface area contributed by atoms with E-state index in [1.165, 1.54) is 11.7 Å². The van der Waals surface area contributed by atoms with E-state index in [1.54, 1.807) is 50.0 Å². The Labute approximate surface area is 168 Å². The summed E-state index contributed by atoms with van der Waals surface area (Å²) in [5.74, 6) is 0.246. The number of ether oxygens (including phenoxy) is 1. The number of amides is 1. The summed E-state index contributed by atoms with van der Waals surface area (Å²) in [6.07, 6.45) is 10.4. The SMILES string of the molecule is COc1ccc(-n2ccc(C)c(C(=O)N3CCCC3Cn3ccnc3)c2=O)cn1. The predicted octanol–water partition coefficient (Wildman–Crippen LogP) is 2.05. The molecule has 0 aromatic carbocycles. The Kier molecular flexibility index (Phi) is 5.16. The molecule has 0 bridgehead atoms. The highest BCUT2D eigenvalue weighted by Crippen LogP contribution is 2.22. The first kappa shape index (κ1) is 18.9. The number of carbonyl (C=O) groups is 1. The smallest absolute Gasteiger partial charge is 0.268 e. The van der Waals surface area contributed by atoms with Crippen LogP contribution in [-0.4, -0.2) is 49.6 Å². The molecule has 1 fully saturated rings. The summed E-state index contributed by atoms with van der Waals surface area (Å²) >= 11 is 0. The van der Waals surface area contributed by atoms with E-state index in [-0.39, 0.29) is 23.1 Å². The summed E-state index contributed by atoms with van der Waals surface area (Å²) in [7, 11) is 1.53. The number of hydrogen-bond donors (Lipinski definition) is 0. The molecule has 4 heterocycles. The number of aromatic nitrogens is 4. The molecule has 0 saturated carbocycles. The monoisotopic (exact) mass is 393 g/mol. The van der Waals surface area contributed by atoms with Crippen molar-refractivity contribution < 1.29 is 9.53 Å². The fourth-order valence-electron chi connectivity index (χ4n) is 3.80. The Morgan fingerprint density at radius 1 is 1.28 bits per heavy atom. The molecule has 4 rings (SSSR count). The molecule has 1 atom stereocenters. The summed E-state index contributed by atoms with van der Waals surface area (Å²) in [5.41, 5.74) is 1.13. The van der Waals surface area contributed by atoms with E-state index in [0.29, 0.717) is 30.2 Å². The summed E-state index contributed by atoms with van der Waals surface area (Å²) < 4.78 is 8.49. The molecule has 8 heteroatoms. The first-order valence-corrected chi connectivity index (χ1v) is 9.58. The highest BCUT2D eigenvalue weighted by molar-refractivity contribution is 5.95. The normalized spacial score (nSPS) is 16.2. The molecule has 3 aromatic heterocycles. The van der Waals surface area contributed by atoms with Gasteiger partial charge in [-0.1, -0.05) is 0 Å². The number of methoxy groups -OCH3 is 1. The Bertz CT molecular complexity index is 1060. The van der Waals surface area contributed by atoms with Gasteiger partial charge in [0.1, 0.15) is 5.56 Å². The number of nitrogens with zero attached hydrogens (tertiary/aromatic N) is 5. The van der Waals surface area contributed by atoms with Crippen LogP contribution in [0.2, 0.25) is 0 Å². The Morgan fingerprint density at radius 2 is 2.14 bits per heavy atom. The zero-order chi connectivity index (χ0) is 20.4. The van der Waals surface area contributed by atoms with Gasteiger partial charge >= 0.3 is 0 Å². The van der Waals surface area contributed by atoms with Crippen molar-refractivity contribution in [1.29, 1.82) is 0 Å². The van der Waals surface area contributed by atoms with Gasteiger partial charge in [0.05, 0.1) is 31.4 Å². The van der Waals surface area contributed by atoms with Crippen molar-refractivity contribution in [1.82, 2.24) is 24.0 Å². The summed E-state index contributed by atoms with van der Waals surface area (Å²) in [4.78, 5) is 36.6. The number of carbonyl (C=O) groups excluding carboxylic acids is 1. The van der Waals surface area contributed by atoms with Gasteiger partial charge in [0.2, 0.25) is 5.88 Å². The fourth-order valence-corrected chi connectivity index (χ4v) is 3.80. The minimum absolute atomic E-state index is 0.0480. The fraction of sp³-hybridized carbons (Fsp3) is 0.333. The second kappa shape index (κ2) is 7.90. The lowest BCUT2D eigenvalue weighted by molar-refractivity contribution is 0.0721. The predicted molar refractivity (Wildman–Crippen MR) is 107 cm³/mol. The van der Waals surface area contributed by atoms with E-state index in [4.69, 9.17) is 4.74 Å². The van der Waals surface area contributed by atoms with Crippen molar-refractivity contribution in [2.24, 2.45) is 0 Å². The molecular formula is C21H23N5O3. The quantitative estimate of drug-likeness (QED) is 0.663. The van der Waals surface area contributed by atoms with Crippen molar-refractivity contribution in [2.45, 2.75) is 32.4 Å². The summed E-state index contributed by atoms with van der Waals surface area (Å²) in [6.45, 7) is 3.12. The third kappa shape index (κ3) is 3.65. The van der Waals surface area contributed by atoms with Crippen LogP contribution in [0, 0.1) is 6.92 Å². The molecule has 1 unspecified atom stereocenters. The van der Waals surface area contributed by atoms with Gasteiger partial charge in [0.15, 0.2) is 0 Å². The van der Waals surface area contributed by atoms with Crippen molar-refractivity contribution in [3.8, 4) is 11.6 Å². The lowest BCUT2D eigenvalue weighted by Gasteiger charge is -2.25. The van der Waals surface area contributed by atoms with Crippen molar-refractivity contribution in [2.75, 3.05) is 13.7 Å². The molecule has 0 spiro atoms. The second-order valence-electron chi connectivity index (χ2n) is 7.16. The molecule has 8 nitrogen and oxygen atoms in total. The van der Waals surface area contributed by atoms with Crippen molar-refractivity contribution in [3.63, 3.8) is 0 Å². The molecule has 0 aliphatic carbocycles. The van der Waals surface area contributed by atoms with Crippen LogP contribution >= 0.6 is 0 Å². The van der Waals surface area contributed by atoms with E-state index >= 15 is 0 Å². The molecule has 1 aliphatic rings. The van der Waals surface area contributed by atoms with Gasteiger partial charge in [-0.2, -0.15) is 0 Å². The topological polar surface area (TPSA) is 82.2 Å². The summed E-state index contributed by atoms with van der Waals surface area (Å²) in [5, 5.41) is 0. The highest BCUT2D eigenvalue weighted by Gasteiger charge is 2.32. The molecule has 1 aliphatic heterocycles. The van der Waals surface area contributed by atoms with Crippen LogP contribution in [0.15, 0.2) is 54.1 Å². The maximum absolute atomic E-state index is 13.4. The molecule has 0 N–H and O–H groups in total. The Balaban J connectivity index is 1.66. The van der Waals surface area contributed by atoms with Crippen LogP contribution in [-0.2, 0) is 6.54 Å². The minimum Gasteiger partial charge on any atom is -0.481 e. The number of likely N-dealkylation sites (tertiary alicyclic amines) is 1. The first-order valence-electron chi connectivity index (χ1n) is 9.58. The minimum atomic E-state index is -0.338. The van der Waals surface area contributed by atoms with Gasteiger partial charge in [-0.05, 0) is 37.5 Å². The van der Waals surface area contributed by atoms with Gasteiger partial charge in [0, 0.05) is 37.7 Å². The van der Waals surface area contributed by atoms with Gasteiger partial charge in [0.25, 0.3) is 11.5 Å². The molecule has 1 amide bonds. The molecule has 29 heavy (non-hydrogen) atoms. The third-order valence-electron chi connectivity index (χ3n) is 5.34. The molecule has 1 saturated heterocycles. The number of imidazole rings is 1. The van der Waals surface area contributed by atoms with Crippen molar-refractivity contribution in [3.05, 3.63) is 70.8 Å². The Hall–Kier alpha value is -3.42. The van der Waals surface area contributed by atoms with Gasteiger partial charge in [-0.3, -0.25) is 14.2 Å². The standard InChI is InChI=1S/C21H23N5O3/c1-15-7-10-26(16-5-6-18(29-2)23-12-16)21(28)19(15)20(27)25-9-3-4-17(25)13-24-11-8-22-14-24/h5-8,10-12,14,17H,3-4,9,13H2,1-2H3. The number of pyridine rings is 2. The first-order chi connectivity index (χ1) is 14.1. The van der Waals surface area contributed by atoms with E-state index in [9.17, 15) is 9.59 Å². The second-order valence-corrected chi connectivity index (χ2v) is 7.16. The lowest BCUT2D eigenvalue weighted by Crippen LogP contribution is -2.41. The van der Waals surface area contributed by atoms with Crippen LogP contribution in [0.3, 0.4) is 0 Å². The average Bonchev–Trinajstić information content (AvgIpc) is 3.41. The average molecular weight is 393 g/mol. The van der Waals surface area contributed by atoms with E-state index in [0.717, 1.165) is 12.8 Å². The third-order valence-corrected chi connectivity index (χ3v) is 5.34. The summed E-state index contributed by atoms with van der Waals surface area (Å²) in [6, 6.07) is 5.27. The maximum Gasteiger partial charge on any atom is 0.268 e. The van der Waals surface area contributed by atoms with E-state index < -0.39 is 0 Å². The maximum atomic E-state index is 13.4. The van der Waals surface area contributed by atoms with Crippen LogP contribution < -0.4 is 10.3 Å². The zero-order valence-electron chi connectivity index (χ0n) is 16.5. The van der Waals surface area contributed by atoms with Gasteiger partial charge in [-0.25, -0.2) is 9.97 Å². The van der Waals surface area contributed by atoms with Crippen LogP contribution in [0.25, 0.3) is 5.69 Å². The number of aryl methyl sites for hydroxylation is 1. The van der Waals surface area contributed by atoms with E-state index in [1.807, 2.05) is 15.7 Å². The van der Waals surface area contributed by atoms with Gasteiger partial charge in [-0.15, -0.1) is 0 Å². The van der Waals surface area contributed by atoms with E-state index in [2.05, 4.69) is 9.97 Å². The lowest BCUT2D eigenvalue weighted by atomic mass is 10.1. The molecular weight excluding hydrogens is 370 g/mol. The Morgan fingerprint density at radius 3 is 2.83 bits per heavy atom.